The molecule has 3 heteroatoms. The second-order valence-corrected chi connectivity index (χ2v) is 6.14. The minimum atomic E-state index is 0.507. The monoisotopic (exact) mass is 235 g/mol. The molecule has 0 spiro atoms. The van der Waals surface area contributed by atoms with Crippen molar-refractivity contribution < 1.29 is 0 Å². The molecule has 1 aromatic heterocycles. The van der Waals surface area contributed by atoms with Crippen molar-refractivity contribution in [2.45, 2.75) is 52.5 Å². The van der Waals surface area contributed by atoms with Gasteiger partial charge in [0.25, 0.3) is 0 Å². The first-order valence-electron chi connectivity index (χ1n) is 6.73. The fourth-order valence-corrected chi connectivity index (χ4v) is 2.63. The Balaban J connectivity index is 1.89. The van der Waals surface area contributed by atoms with Crippen molar-refractivity contribution in [3.63, 3.8) is 0 Å². The molecular formula is C14H25N3. The molecule has 2 rings (SSSR count). The van der Waals surface area contributed by atoms with E-state index in [-0.39, 0.29) is 0 Å². The summed E-state index contributed by atoms with van der Waals surface area (Å²) in [7, 11) is 2.00. The standard InChI is InChI=1S/C14H25N3/c1-11(2)13-12(9-17(4)16-13)8-15-10-14(3)6-5-7-14/h9,11,15H,5-8,10H2,1-4H3. The smallest absolute Gasteiger partial charge is 0.0694 e. The summed E-state index contributed by atoms with van der Waals surface area (Å²) in [6.07, 6.45) is 6.31. The van der Waals surface area contributed by atoms with Crippen molar-refractivity contribution in [3.8, 4) is 0 Å². The molecule has 1 heterocycles. The Hall–Kier alpha value is -0.830. The van der Waals surface area contributed by atoms with Crippen LogP contribution in [0.1, 0.15) is 57.2 Å². The first kappa shape index (κ1) is 12.6. The van der Waals surface area contributed by atoms with Crippen molar-refractivity contribution in [1.82, 2.24) is 15.1 Å². The van der Waals surface area contributed by atoms with Crippen LogP contribution < -0.4 is 5.32 Å². The molecule has 1 aliphatic carbocycles. The van der Waals surface area contributed by atoms with Gasteiger partial charge in [0.1, 0.15) is 0 Å². The molecular weight excluding hydrogens is 210 g/mol. The van der Waals surface area contributed by atoms with Crippen LogP contribution in [0.25, 0.3) is 0 Å². The van der Waals surface area contributed by atoms with Gasteiger partial charge in [0.15, 0.2) is 0 Å². The van der Waals surface area contributed by atoms with Gasteiger partial charge in [-0.1, -0.05) is 27.2 Å². The lowest BCUT2D eigenvalue weighted by molar-refractivity contribution is 0.156. The van der Waals surface area contributed by atoms with Crippen molar-refractivity contribution in [2.24, 2.45) is 12.5 Å². The highest BCUT2D eigenvalue weighted by molar-refractivity contribution is 5.20. The van der Waals surface area contributed by atoms with Crippen LogP contribution in [-0.4, -0.2) is 16.3 Å². The third-order valence-electron chi connectivity index (χ3n) is 3.91. The molecule has 0 radical (unpaired) electrons. The van der Waals surface area contributed by atoms with Crippen LogP contribution in [-0.2, 0) is 13.6 Å². The van der Waals surface area contributed by atoms with Gasteiger partial charge in [-0.05, 0) is 24.2 Å². The lowest BCUT2D eigenvalue weighted by atomic mass is 9.70. The van der Waals surface area contributed by atoms with Crippen LogP contribution in [0.5, 0.6) is 0 Å². The molecule has 0 aliphatic heterocycles. The molecule has 0 unspecified atom stereocenters. The average molecular weight is 235 g/mol. The SMILES string of the molecule is CC(C)c1nn(C)cc1CNCC1(C)CCC1. The van der Waals surface area contributed by atoms with E-state index < -0.39 is 0 Å². The normalized spacial score (nSPS) is 18.4. The zero-order chi connectivity index (χ0) is 12.5. The third-order valence-corrected chi connectivity index (χ3v) is 3.91. The summed E-state index contributed by atoms with van der Waals surface area (Å²) in [4.78, 5) is 0. The molecule has 96 valence electrons. The molecule has 3 nitrogen and oxygen atoms in total. The van der Waals surface area contributed by atoms with Gasteiger partial charge >= 0.3 is 0 Å². The Morgan fingerprint density at radius 2 is 2.18 bits per heavy atom. The number of nitrogens with zero attached hydrogens (tertiary/aromatic N) is 2. The Morgan fingerprint density at radius 1 is 1.47 bits per heavy atom. The van der Waals surface area contributed by atoms with Crippen LogP contribution in [0.2, 0.25) is 0 Å². The van der Waals surface area contributed by atoms with Crippen LogP contribution in [0.4, 0.5) is 0 Å². The number of hydrogen-bond donors (Lipinski definition) is 1. The van der Waals surface area contributed by atoms with Crippen molar-refractivity contribution in [1.29, 1.82) is 0 Å². The Morgan fingerprint density at radius 3 is 2.71 bits per heavy atom. The molecule has 1 fully saturated rings. The van der Waals surface area contributed by atoms with E-state index in [2.05, 4.69) is 37.4 Å². The van der Waals surface area contributed by atoms with Gasteiger partial charge in [-0.25, -0.2) is 0 Å². The quantitative estimate of drug-likeness (QED) is 0.850. The van der Waals surface area contributed by atoms with E-state index in [1.165, 1.54) is 30.5 Å². The van der Waals surface area contributed by atoms with Gasteiger partial charge in [0.2, 0.25) is 0 Å². The van der Waals surface area contributed by atoms with Gasteiger partial charge in [0, 0.05) is 31.9 Å². The molecule has 0 bridgehead atoms. The Bertz CT molecular complexity index is 375. The summed E-state index contributed by atoms with van der Waals surface area (Å²) in [6.45, 7) is 8.89. The van der Waals surface area contributed by atoms with E-state index in [1.807, 2.05) is 11.7 Å². The van der Waals surface area contributed by atoms with Crippen LogP contribution in [0.3, 0.4) is 0 Å². The predicted molar refractivity (Wildman–Crippen MR) is 71.0 cm³/mol. The van der Waals surface area contributed by atoms with E-state index in [9.17, 15) is 0 Å². The molecule has 0 amide bonds. The van der Waals surface area contributed by atoms with Crippen molar-refractivity contribution in [2.75, 3.05) is 6.54 Å². The van der Waals surface area contributed by atoms with E-state index in [1.54, 1.807) is 0 Å². The summed E-state index contributed by atoms with van der Waals surface area (Å²) in [5, 5.41) is 8.14. The minimum absolute atomic E-state index is 0.507. The second-order valence-electron chi connectivity index (χ2n) is 6.14. The summed E-state index contributed by atoms with van der Waals surface area (Å²) >= 11 is 0. The van der Waals surface area contributed by atoms with Crippen molar-refractivity contribution in [3.05, 3.63) is 17.5 Å². The number of aryl methyl sites for hydroxylation is 1. The second kappa shape index (κ2) is 4.81. The molecule has 1 aliphatic rings. The fourth-order valence-electron chi connectivity index (χ4n) is 2.63. The van der Waals surface area contributed by atoms with Crippen LogP contribution in [0.15, 0.2) is 6.20 Å². The van der Waals surface area contributed by atoms with E-state index in [0.717, 1.165) is 13.1 Å². The molecule has 0 aromatic carbocycles. The first-order valence-corrected chi connectivity index (χ1v) is 6.73. The molecule has 17 heavy (non-hydrogen) atoms. The number of aromatic nitrogens is 2. The van der Waals surface area contributed by atoms with Crippen LogP contribution >= 0.6 is 0 Å². The fraction of sp³-hybridized carbons (Fsp3) is 0.786. The van der Waals surface area contributed by atoms with E-state index in [4.69, 9.17) is 0 Å². The maximum absolute atomic E-state index is 4.54. The summed E-state index contributed by atoms with van der Waals surface area (Å²) in [5.74, 6) is 0.507. The highest BCUT2D eigenvalue weighted by atomic mass is 15.3. The zero-order valence-electron chi connectivity index (χ0n) is 11.6. The van der Waals surface area contributed by atoms with Gasteiger partial charge in [-0.2, -0.15) is 5.10 Å². The highest BCUT2D eigenvalue weighted by Crippen LogP contribution is 2.39. The van der Waals surface area contributed by atoms with Crippen LogP contribution in [0, 0.1) is 5.41 Å². The summed E-state index contributed by atoms with van der Waals surface area (Å²) in [6, 6.07) is 0. The zero-order valence-corrected chi connectivity index (χ0v) is 11.6. The largest absolute Gasteiger partial charge is 0.312 e. The lowest BCUT2D eigenvalue weighted by Crippen LogP contribution is -2.37. The number of rotatable bonds is 5. The van der Waals surface area contributed by atoms with E-state index in [0.29, 0.717) is 11.3 Å². The van der Waals surface area contributed by atoms with Gasteiger partial charge < -0.3 is 5.32 Å². The number of nitrogens with one attached hydrogen (secondary N) is 1. The maximum Gasteiger partial charge on any atom is 0.0694 e. The minimum Gasteiger partial charge on any atom is -0.312 e. The molecule has 0 atom stereocenters. The third kappa shape index (κ3) is 2.89. The topological polar surface area (TPSA) is 29.9 Å². The van der Waals surface area contributed by atoms with Gasteiger partial charge in [0.05, 0.1) is 5.69 Å². The predicted octanol–water partition coefficient (Wildman–Crippen LogP) is 2.82. The van der Waals surface area contributed by atoms with Gasteiger partial charge in [-0.3, -0.25) is 4.68 Å². The van der Waals surface area contributed by atoms with Gasteiger partial charge in [-0.15, -0.1) is 0 Å². The summed E-state index contributed by atoms with van der Waals surface area (Å²) in [5.41, 5.74) is 3.14. The Labute approximate surface area is 105 Å². The number of hydrogen-bond acceptors (Lipinski definition) is 2. The molecule has 0 saturated heterocycles. The highest BCUT2D eigenvalue weighted by Gasteiger charge is 2.31. The Kier molecular flexibility index (Phi) is 3.57. The summed E-state index contributed by atoms with van der Waals surface area (Å²) < 4.78 is 1.93. The average Bonchev–Trinajstić information content (AvgIpc) is 2.57. The van der Waals surface area contributed by atoms with Crippen molar-refractivity contribution >= 4 is 0 Å². The molecule has 1 saturated carbocycles. The van der Waals surface area contributed by atoms with E-state index >= 15 is 0 Å². The first-order chi connectivity index (χ1) is 8.00. The lowest BCUT2D eigenvalue weighted by Gasteiger charge is -2.38. The maximum atomic E-state index is 4.54. The molecule has 1 N–H and O–H groups in total. The molecule has 1 aromatic rings.